The molecule has 0 aliphatic carbocycles. The van der Waals surface area contributed by atoms with E-state index in [1.165, 1.54) is 19.2 Å². The Bertz CT molecular complexity index is 823. The van der Waals surface area contributed by atoms with Gasteiger partial charge in [-0.3, -0.25) is 4.98 Å². The Morgan fingerprint density at radius 3 is 2.40 bits per heavy atom. The molecule has 1 unspecified atom stereocenters. The lowest BCUT2D eigenvalue weighted by Gasteiger charge is -2.19. The van der Waals surface area contributed by atoms with Crippen molar-refractivity contribution >= 4 is 10.0 Å². The van der Waals surface area contributed by atoms with Crippen LogP contribution in [0.15, 0.2) is 47.6 Å². The highest BCUT2D eigenvalue weighted by molar-refractivity contribution is 7.89. The van der Waals surface area contributed by atoms with Gasteiger partial charge >= 0.3 is 6.18 Å². The molecule has 0 aliphatic rings. The van der Waals surface area contributed by atoms with E-state index in [-0.39, 0.29) is 6.61 Å². The number of halogens is 4. The number of aromatic nitrogens is 1. The molecule has 2 rings (SSSR count). The molecule has 25 heavy (non-hydrogen) atoms. The fraction of sp³-hybridized carbons (Fsp3) is 0.267. The van der Waals surface area contributed by atoms with Crippen LogP contribution in [0.3, 0.4) is 0 Å². The second-order valence-corrected chi connectivity index (χ2v) is 6.80. The van der Waals surface area contributed by atoms with E-state index >= 15 is 0 Å². The average molecular weight is 378 g/mol. The van der Waals surface area contributed by atoms with Gasteiger partial charge in [0.15, 0.2) is 0 Å². The van der Waals surface area contributed by atoms with Crippen LogP contribution in [0.2, 0.25) is 0 Å². The molecule has 0 radical (unpaired) electrons. The molecule has 0 saturated heterocycles. The zero-order chi connectivity index (χ0) is 18.7. The van der Waals surface area contributed by atoms with Crippen LogP contribution in [0.4, 0.5) is 17.6 Å². The van der Waals surface area contributed by atoms with Crippen LogP contribution >= 0.6 is 0 Å². The molecule has 0 saturated carbocycles. The predicted octanol–water partition coefficient (Wildman–Crippen LogP) is 2.91. The van der Waals surface area contributed by atoms with Crippen LogP contribution < -0.4 is 4.72 Å². The maximum absolute atomic E-state index is 13.0. The molecule has 5 nitrogen and oxygen atoms in total. The molecule has 10 heteroatoms. The van der Waals surface area contributed by atoms with Gasteiger partial charge in [-0.15, -0.1) is 0 Å². The summed E-state index contributed by atoms with van der Waals surface area (Å²) in [6.45, 7) is -0.0999. The molecular weight excluding hydrogens is 364 g/mol. The topological polar surface area (TPSA) is 68.3 Å². The van der Waals surface area contributed by atoms with Crippen molar-refractivity contribution in [2.75, 3.05) is 13.7 Å². The number of pyridine rings is 1. The van der Waals surface area contributed by atoms with Crippen LogP contribution in [-0.4, -0.2) is 27.1 Å². The van der Waals surface area contributed by atoms with Gasteiger partial charge in [0.1, 0.15) is 10.7 Å². The largest absolute Gasteiger partial charge is 0.417 e. The molecule has 0 spiro atoms. The van der Waals surface area contributed by atoms with Gasteiger partial charge in [-0.2, -0.15) is 13.2 Å². The number of ether oxygens (including phenoxy) is 1. The molecule has 1 N–H and O–H groups in total. The van der Waals surface area contributed by atoms with Gasteiger partial charge in [-0.1, -0.05) is 12.1 Å². The van der Waals surface area contributed by atoms with Gasteiger partial charge in [-0.05, 0) is 23.8 Å². The van der Waals surface area contributed by atoms with Gasteiger partial charge in [0.05, 0.1) is 18.2 Å². The van der Waals surface area contributed by atoms with E-state index in [2.05, 4.69) is 9.71 Å². The van der Waals surface area contributed by atoms with Crippen molar-refractivity contribution in [2.45, 2.75) is 17.1 Å². The van der Waals surface area contributed by atoms with Crippen molar-refractivity contribution in [1.82, 2.24) is 9.71 Å². The molecule has 0 aliphatic heterocycles. The second-order valence-electron chi connectivity index (χ2n) is 5.09. The summed E-state index contributed by atoms with van der Waals surface area (Å²) in [6, 6.07) is 4.56. The van der Waals surface area contributed by atoms with Crippen molar-refractivity contribution in [1.29, 1.82) is 0 Å². The molecule has 0 amide bonds. The van der Waals surface area contributed by atoms with Crippen molar-refractivity contribution in [3.63, 3.8) is 0 Å². The van der Waals surface area contributed by atoms with E-state index in [9.17, 15) is 26.0 Å². The van der Waals surface area contributed by atoms with Crippen LogP contribution in [0.25, 0.3) is 0 Å². The highest BCUT2D eigenvalue weighted by Crippen LogP contribution is 2.30. The Morgan fingerprint density at radius 2 is 1.84 bits per heavy atom. The minimum atomic E-state index is -4.72. The first-order valence-corrected chi connectivity index (χ1v) is 8.41. The fourth-order valence-electron chi connectivity index (χ4n) is 2.04. The molecule has 0 fully saturated rings. The van der Waals surface area contributed by atoms with Crippen molar-refractivity contribution < 1.29 is 30.7 Å². The summed E-state index contributed by atoms with van der Waals surface area (Å²) in [4.78, 5) is 2.70. The number of alkyl halides is 3. The summed E-state index contributed by atoms with van der Waals surface area (Å²) in [5.41, 5.74) is -0.785. The van der Waals surface area contributed by atoms with E-state index in [0.717, 1.165) is 18.3 Å². The first-order chi connectivity index (χ1) is 11.6. The number of methoxy groups -OCH3 is 1. The maximum atomic E-state index is 13.0. The molecule has 1 atom stereocenters. The van der Waals surface area contributed by atoms with E-state index < -0.39 is 38.5 Å². The number of sulfonamides is 1. The monoisotopic (exact) mass is 378 g/mol. The Labute approximate surface area is 141 Å². The van der Waals surface area contributed by atoms with E-state index in [0.29, 0.717) is 17.8 Å². The molecule has 1 aromatic heterocycles. The minimum Gasteiger partial charge on any atom is -0.383 e. The van der Waals surface area contributed by atoms with E-state index in [4.69, 9.17) is 4.74 Å². The lowest BCUT2D eigenvalue weighted by molar-refractivity contribution is -0.138. The summed E-state index contributed by atoms with van der Waals surface area (Å²) in [5.74, 6) is -0.509. The first kappa shape index (κ1) is 19.3. The normalized spacial score (nSPS) is 13.6. The van der Waals surface area contributed by atoms with Crippen LogP contribution in [0.1, 0.15) is 17.2 Å². The van der Waals surface area contributed by atoms with Crippen molar-refractivity contribution in [3.05, 3.63) is 59.7 Å². The summed E-state index contributed by atoms with van der Waals surface area (Å²) >= 11 is 0. The van der Waals surface area contributed by atoms with Crippen LogP contribution in [-0.2, 0) is 20.9 Å². The van der Waals surface area contributed by atoms with Crippen LogP contribution in [0.5, 0.6) is 0 Å². The molecule has 1 heterocycles. The Balaban J connectivity index is 2.33. The lowest BCUT2D eigenvalue weighted by atomic mass is 10.1. The second kappa shape index (κ2) is 7.46. The van der Waals surface area contributed by atoms with Crippen LogP contribution in [0, 0.1) is 5.82 Å². The Hall–Kier alpha value is -2.04. The van der Waals surface area contributed by atoms with E-state index in [1.54, 1.807) is 0 Å². The van der Waals surface area contributed by atoms with E-state index in [1.807, 2.05) is 0 Å². The van der Waals surface area contributed by atoms with Gasteiger partial charge in [0, 0.05) is 19.5 Å². The summed E-state index contributed by atoms with van der Waals surface area (Å²) in [6.07, 6.45) is -3.38. The predicted molar refractivity (Wildman–Crippen MR) is 80.6 cm³/mol. The van der Waals surface area contributed by atoms with Gasteiger partial charge in [0.2, 0.25) is 10.0 Å². The van der Waals surface area contributed by atoms with Gasteiger partial charge in [-0.25, -0.2) is 17.5 Å². The summed E-state index contributed by atoms with van der Waals surface area (Å²) in [5, 5.41) is 0. The minimum absolute atomic E-state index is 0.0999. The number of hydrogen-bond acceptors (Lipinski definition) is 4. The zero-order valence-electron chi connectivity index (χ0n) is 12.9. The smallest absolute Gasteiger partial charge is 0.383 e. The Morgan fingerprint density at radius 1 is 1.20 bits per heavy atom. The number of benzene rings is 1. The van der Waals surface area contributed by atoms with Crippen molar-refractivity contribution in [2.24, 2.45) is 0 Å². The third kappa shape index (κ3) is 4.97. The highest BCUT2D eigenvalue weighted by Gasteiger charge is 2.32. The quantitative estimate of drug-likeness (QED) is 0.785. The SMILES string of the molecule is COCC(NS(=O)(=O)c1cncc(C(F)(F)F)c1)c1ccc(F)cc1. The lowest BCUT2D eigenvalue weighted by Crippen LogP contribution is -2.31. The molecule has 2 aromatic rings. The third-order valence-corrected chi connectivity index (χ3v) is 4.69. The molecule has 1 aromatic carbocycles. The first-order valence-electron chi connectivity index (χ1n) is 6.92. The van der Waals surface area contributed by atoms with Gasteiger partial charge < -0.3 is 4.74 Å². The maximum Gasteiger partial charge on any atom is 0.417 e. The molecule has 136 valence electrons. The number of nitrogens with zero attached hydrogens (tertiary/aromatic N) is 1. The fourth-order valence-corrected chi connectivity index (χ4v) is 3.23. The average Bonchev–Trinajstić information content (AvgIpc) is 2.54. The number of hydrogen-bond donors (Lipinski definition) is 1. The highest BCUT2D eigenvalue weighted by atomic mass is 32.2. The van der Waals surface area contributed by atoms with Gasteiger partial charge in [0.25, 0.3) is 0 Å². The number of nitrogens with one attached hydrogen (secondary N) is 1. The zero-order valence-corrected chi connectivity index (χ0v) is 13.7. The van der Waals surface area contributed by atoms with Crippen molar-refractivity contribution in [3.8, 4) is 0 Å². The third-order valence-electron chi connectivity index (χ3n) is 3.25. The standard InChI is InChI=1S/C15H14F4N2O3S/c1-24-9-14(10-2-4-12(16)5-3-10)21-25(22,23)13-6-11(7-20-8-13)15(17,18)19/h2-8,14,21H,9H2,1H3. The molecule has 0 bridgehead atoms. The Kier molecular flexibility index (Phi) is 5.76. The number of rotatable bonds is 6. The summed E-state index contributed by atoms with van der Waals surface area (Å²) in [7, 11) is -2.98. The summed E-state index contributed by atoms with van der Waals surface area (Å²) < 4.78 is 83.2. The molecular formula is C15H14F4N2O3S.